The number of alkyl halides is 2. The highest BCUT2D eigenvalue weighted by molar-refractivity contribution is 5.88. The number of hydrogen-bond acceptors (Lipinski definition) is 5. The van der Waals surface area contributed by atoms with Crippen LogP contribution in [-0.4, -0.2) is 52.1 Å². The number of halogens is 3. The lowest BCUT2D eigenvalue weighted by atomic mass is 9.59. The van der Waals surface area contributed by atoms with Crippen molar-refractivity contribution in [2.45, 2.75) is 51.1 Å². The highest BCUT2D eigenvalue weighted by Gasteiger charge is 2.58. The number of piperidine rings is 1. The van der Waals surface area contributed by atoms with Crippen LogP contribution in [0, 0.1) is 18.2 Å². The Balaban J connectivity index is 1.49. The number of aromatic nitrogens is 2. The molecule has 3 aromatic rings. The van der Waals surface area contributed by atoms with Gasteiger partial charge in [0.15, 0.2) is 12.4 Å². The van der Waals surface area contributed by atoms with Crippen molar-refractivity contribution in [2.24, 2.45) is 5.41 Å². The standard InChI is InChI=1S/C26H28F3N3O4/c1-15-7-21(35-2)18(17-3-5-30-23(15)17)11-32-6-4-25(13-26(28,29)14-25)9-20(32)16-8-19(27)24(31-10-16)36-12-22(33)34/h3,5,7-8,10,20,30H,4,6,9,11-14H2,1-2H3,(H,33,34)/t20-/m0/s1. The van der Waals surface area contributed by atoms with Crippen LogP contribution in [0.2, 0.25) is 0 Å². The monoisotopic (exact) mass is 503 g/mol. The number of carboxylic acid groups (broad SMARTS) is 1. The molecule has 0 bridgehead atoms. The molecule has 2 N–H and O–H groups in total. The summed E-state index contributed by atoms with van der Waals surface area (Å²) in [4.78, 5) is 20.2. The number of nitrogens with one attached hydrogen (secondary N) is 1. The summed E-state index contributed by atoms with van der Waals surface area (Å²) < 4.78 is 53.3. The Kier molecular flexibility index (Phi) is 6.10. The second-order valence-corrected chi connectivity index (χ2v) is 10.0. The number of pyridine rings is 1. The Morgan fingerprint density at radius 3 is 2.78 bits per heavy atom. The third kappa shape index (κ3) is 4.50. The third-order valence-corrected chi connectivity index (χ3v) is 7.50. The molecule has 1 aliphatic heterocycles. The number of aliphatic carboxylic acids is 1. The van der Waals surface area contributed by atoms with Gasteiger partial charge < -0.3 is 19.6 Å². The maximum Gasteiger partial charge on any atom is 0.341 e. The van der Waals surface area contributed by atoms with Crippen LogP contribution in [-0.2, 0) is 11.3 Å². The lowest BCUT2D eigenvalue weighted by molar-refractivity contribution is -0.186. The minimum absolute atomic E-state index is 0.171. The lowest BCUT2D eigenvalue weighted by Gasteiger charge is -2.54. The first-order chi connectivity index (χ1) is 17.1. The van der Waals surface area contributed by atoms with Crippen LogP contribution in [0.5, 0.6) is 11.6 Å². The van der Waals surface area contributed by atoms with E-state index in [4.69, 9.17) is 14.6 Å². The van der Waals surface area contributed by atoms with Crippen molar-refractivity contribution < 1.29 is 32.5 Å². The summed E-state index contributed by atoms with van der Waals surface area (Å²) in [6.07, 6.45) is 4.05. The minimum atomic E-state index is -2.66. The molecule has 5 rings (SSSR count). The van der Waals surface area contributed by atoms with Crippen LogP contribution in [0.4, 0.5) is 13.2 Å². The van der Waals surface area contributed by atoms with Crippen LogP contribution in [0.15, 0.2) is 30.6 Å². The fourth-order valence-corrected chi connectivity index (χ4v) is 5.91. The van der Waals surface area contributed by atoms with Crippen LogP contribution in [0.25, 0.3) is 10.9 Å². The number of hydrogen-bond donors (Lipinski definition) is 2. The molecule has 1 aliphatic carbocycles. The lowest BCUT2D eigenvalue weighted by Crippen LogP contribution is -2.53. The second-order valence-electron chi connectivity index (χ2n) is 10.0. The number of fused-ring (bicyclic) bond motifs is 1. The zero-order valence-electron chi connectivity index (χ0n) is 20.1. The molecule has 10 heteroatoms. The average Bonchev–Trinajstić information content (AvgIpc) is 3.30. The molecule has 1 spiro atoms. The van der Waals surface area contributed by atoms with Gasteiger partial charge in [0.2, 0.25) is 5.92 Å². The number of aromatic amines is 1. The van der Waals surface area contributed by atoms with Crippen molar-refractivity contribution in [3.63, 3.8) is 0 Å². The fraction of sp³-hybridized carbons (Fsp3) is 0.462. The quantitative estimate of drug-likeness (QED) is 0.459. The Bertz CT molecular complexity index is 1300. The number of carbonyl (C=O) groups is 1. The van der Waals surface area contributed by atoms with Gasteiger partial charge in [0, 0.05) is 54.3 Å². The van der Waals surface area contributed by atoms with Gasteiger partial charge in [-0.05, 0) is 61.1 Å². The smallest absolute Gasteiger partial charge is 0.341 e. The average molecular weight is 504 g/mol. The van der Waals surface area contributed by atoms with Gasteiger partial charge in [0.05, 0.1) is 7.11 Å². The summed E-state index contributed by atoms with van der Waals surface area (Å²) >= 11 is 0. The predicted molar refractivity (Wildman–Crippen MR) is 126 cm³/mol. The first kappa shape index (κ1) is 24.4. The number of methoxy groups -OCH3 is 1. The largest absolute Gasteiger partial charge is 0.496 e. The third-order valence-electron chi connectivity index (χ3n) is 7.50. The van der Waals surface area contributed by atoms with E-state index in [0.29, 0.717) is 31.5 Å². The summed E-state index contributed by atoms with van der Waals surface area (Å²) in [5, 5.41) is 9.81. The molecule has 192 valence electrons. The van der Waals surface area contributed by atoms with E-state index in [9.17, 15) is 18.0 Å². The van der Waals surface area contributed by atoms with Crippen molar-refractivity contribution >= 4 is 16.9 Å². The second kappa shape index (κ2) is 8.99. The predicted octanol–water partition coefficient (Wildman–Crippen LogP) is 5.24. The van der Waals surface area contributed by atoms with Gasteiger partial charge in [-0.3, -0.25) is 4.90 Å². The zero-order valence-corrected chi connectivity index (χ0v) is 20.1. The molecule has 0 amide bonds. The van der Waals surface area contributed by atoms with E-state index in [1.54, 1.807) is 7.11 Å². The van der Waals surface area contributed by atoms with E-state index in [1.807, 2.05) is 25.3 Å². The number of H-pyrrole nitrogens is 1. The molecular weight excluding hydrogens is 475 g/mol. The summed E-state index contributed by atoms with van der Waals surface area (Å²) in [6.45, 7) is 2.32. The molecule has 2 aromatic heterocycles. The number of benzene rings is 1. The Morgan fingerprint density at radius 2 is 2.11 bits per heavy atom. The van der Waals surface area contributed by atoms with Crippen molar-refractivity contribution in [1.82, 2.24) is 14.9 Å². The summed E-state index contributed by atoms with van der Waals surface area (Å²) in [5.41, 5.74) is 3.06. The van der Waals surface area contributed by atoms with Gasteiger partial charge in [-0.15, -0.1) is 0 Å². The van der Waals surface area contributed by atoms with Crippen LogP contribution in [0.3, 0.4) is 0 Å². The van der Waals surface area contributed by atoms with E-state index < -0.39 is 35.6 Å². The van der Waals surface area contributed by atoms with Gasteiger partial charge in [-0.2, -0.15) is 0 Å². The molecule has 3 heterocycles. The topological polar surface area (TPSA) is 87.7 Å². The molecule has 7 nitrogen and oxygen atoms in total. The number of likely N-dealkylation sites (tertiary alicyclic amines) is 1. The summed E-state index contributed by atoms with van der Waals surface area (Å²) in [5.74, 6) is -4.36. The number of ether oxygens (including phenoxy) is 2. The molecule has 36 heavy (non-hydrogen) atoms. The van der Waals surface area contributed by atoms with E-state index >= 15 is 0 Å². The maximum atomic E-state index is 14.8. The Hall–Kier alpha value is -3.27. The number of rotatable bonds is 7. The van der Waals surface area contributed by atoms with Crippen LogP contribution >= 0.6 is 0 Å². The molecule has 2 fully saturated rings. The molecule has 2 aliphatic rings. The summed E-state index contributed by atoms with van der Waals surface area (Å²) in [6, 6.07) is 4.88. The zero-order chi connectivity index (χ0) is 25.7. The van der Waals surface area contributed by atoms with E-state index in [0.717, 1.165) is 27.8 Å². The van der Waals surface area contributed by atoms with E-state index in [2.05, 4.69) is 14.9 Å². The van der Waals surface area contributed by atoms with E-state index in [-0.39, 0.29) is 18.9 Å². The normalized spacial score (nSPS) is 20.9. The number of aryl methyl sites for hydroxylation is 1. The van der Waals surface area contributed by atoms with Crippen molar-refractivity contribution in [3.05, 3.63) is 53.1 Å². The molecular formula is C26H28F3N3O4. The highest BCUT2D eigenvalue weighted by Crippen LogP contribution is 2.60. The number of nitrogens with zero attached hydrogens (tertiary/aromatic N) is 2. The van der Waals surface area contributed by atoms with Crippen molar-refractivity contribution in [1.29, 1.82) is 0 Å². The highest BCUT2D eigenvalue weighted by atomic mass is 19.3. The Labute approximate surface area is 206 Å². The van der Waals surface area contributed by atoms with Gasteiger partial charge >= 0.3 is 5.97 Å². The van der Waals surface area contributed by atoms with Crippen LogP contribution in [0.1, 0.15) is 48.4 Å². The summed E-state index contributed by atoms with van der Waals surface area (Å²) in [7, 11) is 1.62. The van der Waals surface area contributed by atoms with Crippen LogP contribution < -0.4 is 9.47 Å². The van der Waals surface area contributed by atoms with Crippen molar-refractivity contribution in [2.75, 3.05) is 20.3 Å². The fourth-order valence-electron chi connectivity index (χ4n) is 5.91. The first-order valence-corrected chi connectivity index (χ1v) is 11.9. The molecule has 1 atom stereocenters. The molecule has 0 unspecified atom stereocenters. The van der Waals surface area contributed by atoms with E-state index in [1.165, 1.54) is 12.3 Å². The Morgan fingerprint density at radius 1 is 1.33 bits per heavy atom. The minimum Gasteiger partial charge on any atom is -0.496 e. The van der Waals surface area contributed by atoms with Gasteiger partial charge in [-0.1, -0.05) is 0 Å². The number of carboxylic acids is 1. The van der Waals surface area contributed by atoms with Gasteiger partial charge in [0.25, 0.3) is 5.88 Å². The van der Waals surface area contributed by atoms with Crippen molar-refractivity contribution in [3.8, 4) is 11.6 Å². The molecule has 1 aromatic carbocycles. The molecule has 0 radical (unpaired) electrons. The maximum absolute atomic E-state index is 14.8. The SMILES string of the molecule is COc1cc(C)c2[nH]ccc2c1CN1CCC2(C[C@H]1c1cnc(OCC(=O)O)c(F)c1)CC(F)(F)C2. The van der Waals surface area contributed by atoms with Gasteiger partial charge in [-0.25, -0.2) is 22.9 Å². The van der Waals surface area contributed by atoms with Gasteiger partial charge in [0.1, 0.15) is 5.75 Å². The molecule has 1 saturated heterocycles. The first-order valence-electron chi connectivity index (χ1n) is 11.9. The molecule has 1 saturated carbocycles.